The molecule has 0 radical (unpaired) electrons. The minimum absolute atomic E-state index is 0.214. The Kier molecular flexibility index (Phi) is 3.64. The van der Waals surface area contributed by atoms with Crippen molar-refractivity contribution in [1.29, 1.82) is 0 Å². The maximum Gasteiger partial charge on any atom is 0.303 e. The van der Waals surface area contributed by atoms with Crippen LogP contribution >= 0.6 is 0 Å². The highest BCUT2D eigenvalue weighted by Crippen LogP contribution is 2.34. The molecule has 0 bridgehead atoms. The minimum Gasteiger partial charge on any atom is -0.450 e. The van der Waals surface area contributed by atoms with Crippen LogP contribution in [0.2, 0.25) is 0 Å². The van der Waals surface area contributed by atoms with Crippen molar-refractivity contribution >= 4 is 11.9 Å². The van der Waals surface area contributed by atoms with Gasteiger partial charge < -0.3 is 19.1 Å². The third kappa shape index (κ3) is 2.64. The van der Waals surface area contributed by atoms with Crippen molar-refractivity contribution in [2.45, 2.75) is 44.8 Å². The smallest absolute Gasteiger partial charge is 0.303 e. The SMILES string of the molecule is C=CCN1C(=O)[C@H](OC(C)=O)[C@@H]1[C@H]1COC(C)(C)O1. The van der Waals surface area contributed by atoms with Crippen molar-refractivity contribution < 1.29 is 23.8 Å². The predicted octanol–water partition coefficient (Wildman–Crippen LogP) is 0.466. The van der Waals surface area contributed by atoms with E-state index >= 15 is 0 Å². The highest BCUT2D eigenvalue weighted by Gasteiger charge is 2.56. The van der Waals surface area contributed by atoms with Crippen LogP contribution in [0.25, 0.3) is 0 Å². The molecule has 2 fully saturated rings. The van der Waals surface area contributed by atoms with Crippen molar-refractivity contribution in [3.8, 4) is 0 Å². The molecule has 6 nitrogen and oxygen atoms in total. The topological polar surface area (TPSA) is 65.1 Å². The van der Waals surface area contributed by atoms with Crippen LogP contribution in [0.4, 0.5) is 0 Å². The molecule has 2 aliphatic heterocycles. The number of hydrogen-bond acceptors (Lipinski definition) is 5. The van der Waals surface area contributed by atoms with Crippen LogP contribution in [0.15, 0.2) is 12.7 Å². The highest BCUT2D eigenvalue weighted by atomic mass is 16.7. The van der Waals surface area contributed by atoms with Crippen molar-refractivity contribution in [2.75, 3.05) is 13.2 Å². The Hall–Kier alpha value is -1.40. The monoisotopic (exact) mass is 269 g/mol. The number of likely N-dealkylation sites (tertiary alicyclic amines) is 1. The number of carbonyl (C=O) groups excluding carboxylic acids is 2. The lowest BCUT2D eigenvalue weighted by atomic mass is 9.92. The molecular weight excluding hydrogens is 250 g/mol. The van der Waals surface area contributed by atoms with Gasteiger partial charge >= 0.3 is 5.97 Å². The van der Waals surface area contributed by atoms with Gasteiger partial charge in [0.25, 0.3) is 5.91 Å². The maximum absolute atomic E-state index is 11.9. The molecule has 0 saturated carbocycles. The molecular formula is C13H19NO5. The zero-order valence-corrected chi connectivity index (χ0v) is 11.4. The van der Waals surface area contributed by atoms with E-state index in [9.17, 15) is 9.59 Å². The molecule has 0 aromatic carbocycles. The summed E-state index contributed by atoms with van der Waals surface area (Å²) in [6.45, 7) is 9.31. The third-order valence-corrected chi connectivity index (χ3v) is 3.23. The lowest BCUT2D eigenvalue weighted by molar-refractivity contribution is -0.198. The van der Waals surface area contributed by atoms with Crippen LogP contribution in [0.5, 0.6) is 0 Å². The van der Waals surface area contributed by atoms with E-state index < -0.39 is 17.9 Å². The summed E-state index contributed by atoms with van der Waals surface area (Å²) in [6.07, 6.45) is 0.562. The van der Waals surface area contributed by atoms with Crippen LogP contribution in [-0.4, -0.2) is 54.0 Å². The molecule has 0 aliphatic carbocycles. The van der Waals surface area contributed by atoms with E-state index in [1.807, 2.05) is 13.8 Å². The van der Waals surface area contributed by atoms with Gasteiger partial charge in [-0.15, -0.1) is 6.58 Å². The third-order valence-electron chi connectivity index (χ3n) is 3.23. The molecule has 0 spiro atoms. The first-order valence-electron chi connectivity index (χ1n) is 6.26. The number of carbonyl (C=O) groups is 2. The Labute approximate surface area is 112 Å². The Balaban J connectivity index is 2.10. The lowest BCUT2D eigenvalue weighted by Gasteiger charge is -2.47. The molecule has 0 N–H and O–H groups in total. The predicted molar refractivity (Wildman–Crippen MR) is 66.2 cm³/mol. The standard InChI is InChI=1S/C13H19NO5/c1-5-6-14-10(9-7-17-13(3,4)19-9)11(12(14)16)18-8(2)15/h5,9-11H,1,6-7H2,2-4H3/t9-,10+,11-/m1/s1. The molecule has 2 saturated heterocycles. The average molecular weight is 269 g/mol. The lowest BCUT2D eigenvalue weighted by Crippen LogP contribution is -2.70. The van der Waals surface area contributed by atoms with Gasteiger partial charge in [0.2, 0.25) is 6.10 Å². The Morgan fingerprint density at radius 2 is 2.32 bits per heavy atom. The molecule has 0 unspecified atom stereocenters. The summed E-state index contributed by atoms with van der Waals surface area (Å²) in [7, 11) is 0. The quantitative estimate of drug-likeness (QED) is 0.421. The van der Waals surface area contributed by atoms with E-state index in [1.165, 1.54) is 6.92 Å². The summed E-state index contributed by atoms with van der Waals surface area (Å²) in [4.78, 5) is 24.6. The van der Waals surface area contributed by atoms with E-state index in [2.05, 4.69) is 6.58 Å². The van der Waals surface area contributed by atoms with Crippen molar-refractivity contribution in [3.63, 3.8) is 0 Å². The molecule has 3 atom stereocenters. The number of β-lactam (4-membered cyclic amide) rings is 1. The van der Waals surface area contributed by atoms with Gasteiger partial charge in [-0.3, -0.25) is 9.59 Å². The second-order valence-corrected chi connectivity index (χ2v) is 5.17. The summed E-state index contributed by atoms with van der Waals surface area (Å²) >= 11 is 0. The minimum atomic E-state index is -0.778. The first kappa shape index (κ1) is 14.0. The summed E-state index contributed by atoms with van der Waals surface area (Å²) < 4.78 is 16.3. The molecule has 6 heteroatoms. The average Bonchev–Trinajstić information content (AvgIpc) is 2.66. The summed E-state index contributed by atoms with van der Waals surface area (Å²) in [5, 5.41) is 0. The van der Waals surface area contributed by atoms with Gasteiger partial charge in [-0.2, -0.15) is 0 Å². The number of hydrogen-bond donors (Lipinski definition) is 0. The molecule has 2 rings (SSSR count). The zero-order valence-electron chi connectivity index (χ0n) is 11.4. The van der Waals surface area contributed by atoms with Gasteiger partial charge in [0.15, 0.2) is 5.79 Å². The van der Waals surface area contributed by atoms with Crippen LogP contribution < -0.4 is 0 Å². The molecule has 0 aromatic rings. The normalized spacial score (nSPS) is 32.9. The summed E-state index contributed by atoms with van der Waals surface area (Å²) in [5.74, 6) is -1.36. The van der Waals surface area contributed by atoms with Crippen LogP contribution in [-0.2, 0) is 23.8 Å². The Morgan fingerprint density at radius 1 is 1.63 bits per heavy atom. The van der Waals surface area contributed by atoms with E-state index in [0.29, 0.717) is 13.2 Å². The fourth-order valence-electron chi connectivity index (χ4n) is 2.47. The van der Waals surface area contributed by atoms with Crippen LogP contribution in [0.3, 0.4) is 0 Å². The number of esters is 1. The second kappa shape index (κ2) is 4.94. The zero-order chi connectivity index (χ0) is 14.2. The largest absolute Gasteiger partial charge is 0.450 e. The fourth-order valence-corrected chi connectivity index (χ4v) is 2.47. The van der Waals surface area contributed by atoms with Crippen molar-refractivity contribution in [1.82, 2.24) is 4.90 Å². The molecule has 2 aliphatic rings. The highest BCUT2D eigenvalue weighted by molar-refractivity contribution is 5.90. The van der Waals surface area contributed by atoms with Crippen LogP contribution in [0, 0.1) is 0 Å². The van der Waals surface area contributed by atoms with Gasteiger partial charge in [0.1, 0.15) is 12.1 Å². The summed E-state index contributed by atoms with van der Waals surface area (Å²) in [5.41, 5.74) is 0. The number of nitrogens with zero attached hydrogens (tertiary/aromatic N) is 1. The Bertz CT molecular complexity index is 406. The molecule has 106 valence electrons. The Morgan fingerprint density at radius 3 is 2.79 bits per heavy atom. The number of amides is 1. The van der Waals surface area contributed by atoms with Crippen molar-refractivity contribution in [3.05, 3.63) is 12.7 Å². The molecule has 19 heavy (non-hydrogen) atoms. The van der Waals surface area contributed by atoms with E-state index in [-0.39, 0.29) is 18.1 Å². The maximum atomic E-state index is 11.9. The number of ether oxygens (including phenoxy) is 3. The van der Waals surface area contributed by atoms with Crippen molar-refractivity contribution in [2.24, 2.45) is 0 Å². The first-order valence-corrected chi connectivity index (χ1v) is 6.26. The number of rotatable bonds is 4. The summed E-state index contributed by atoms with van der Waals surface area (Å²) in [6, 6.07) is -0.309. The van der Waals surface area contributed by atoms with Gasteiger partial charge in [-0.25, -0.2) is 0 Å². The van der Waals surface area contributed by atoms with Crippen LogP contribution in [0.1, 0.15) is 20.8 Å². The van der Waals surface area contributed by atoms with E-state index in [0.717, 1.165) is 0 Å². The van der Waals surface area contributed by atoms with E-state index in [1.54, 1.807) is 11.0 Å². The van der Waals surface area contributed by atoms with Gasteiger partial charge in [-0.1, -0.05) is 6.08 Å². The molecule has 2 heterocycles. The molecule has 1 amide bonds. The van der Waals surface area contributed by atoms with E-state index in [4.69, 9.17) is 14.2 Å². The van der Waals surface area contributed by atoms with Gasteiger partial charge in [0, 0.05) is 13.5 Å². The second-order valence-electron chi connectivity index (χ2n) is 5.17. The van der Waals surface area contributed by atoms with Gasteiger partial charge in [0.05, 0.1) is 6.61 Å². The van der Waals surface area contributed by atoms with Gasteiger partial charge in [-0.05, 0) is 13.8 Å². The molecule has 0 aromatic heterocycles. The fraction of sp³-hybridized carbons (Fsp3) is 0.692. The first-order chi connectivity index (χ1) is 8.85.